The second kappa shape index (κ2) is 5.94. The van der Waals surface area contributed by atoms with Gasteiger partial charge in [-0.2, -0.15) is 0 Å². The summed E-state index contributed by atoms with van der Waals surface area (Å²) < 4.78 is 36.3. The Morgan fingerprint density at radius 2 is 2.05 bits per heavy atom. The van der Waals surface area contributed by atoms with Crippen LogP contribution in [-0.4, -0.2) is 22.1 Å². The van der Waals surface area contributed by atoms with Crippen molar-refractivity contribution in [1.82, 2.24) is 0 Å². The third-order valence-electron chi connectivity index (χ3n) is 2.91. The highest BCUT2D eigenvalue weighted by Gasteiger charge is 2.28. The lowest BCUT2D eigenvalue weighted by Gasteiger charge is -2.18. The Bertz CT molecular complexity index is 689. The van der Waals surface area contributed by atoms with Gasteiger partial charge in [-0.3, -0.25) is 0 Å². The lowest BCUT2D eigenvalue weighted by molar-refractivity contribution is 0.420. The van der Waals surface area contributed by atoms with Crippen LogP contribution in [0.2, 0.25) is 0 Å². The van der Waals surface area contributed by atoms with Crippen molar-refractivity contribution in [3.63, 3.8) is 0 Å². The molecule has 1 atom stereocenters. The van der Waals surface area contributed by atoms with Crippen LogP contribution < -0.4 is 4.74 Å². The molecule has 0 aliphatic rings. The maximum Gasteiger partial charge on any atom is 0.151 e. The van der Waals surface area contributed by atoms with E-state index in [-0.39, 0.29) is 5.82 Å². The van der Waals surface area contributed by atoms with Crippen LogP contribution >= 0.6 is 11.3 Å². The molecule has 1 heterocycles. The van der Waals surface area contributed by atoms with E-state index >= 15 is 0 Å². The van der Waals surface area contributed by atoms with Gasteiger partial charge in [0, 0.05) is 5.39 Å². The molecule has 0 fully saturated rings. The summed E-state index contributed by atoms with van der Waals surface area (Å²) in [6, 6.07) is 5.25. The predicted octanol–water partition coefficient (Wildman–Crippen LogP) is 4.32. The Morgan fingerprint density at radius 3 is 2.62 bits per heavy atom. The zero-order chi connectivity index (χ0) is 15.8. The molecule has 0 radical (unpaired) electrons. The van der Waals surface area contributed by atoms with Crippen molar-refractivity contribution in [3.8, 4) is 5.75 Å². The second-order valence-electron chi connectivity index (χ2n) is 5.62. The Morgan fingerprint density at radius 1 is 1.38 bits per heavy atom. The Balaban J connectivity index is 2.52. The minimum atomic E-state index is -1.41. The van der Waals surface area contributed by atoms with Crippen LogP contribution in [0.15, 0.2) is 22.6 Å². The highest BCUT2D eigenvalue weighted by molar-refractivity contribution is 7.91. The smallest absolute Gasteiger partial charge is 0.151 e. The normalized spacial score (nSPS) is 14.5. The molecule has 0 aliphatic carbocycles. The van der Waals surface area contributed by atoms with E-state index in [0.29, 0.717) is 21.7 Å². The summed E-state index contributed by atoms with van der Waals surface area (Å²) in [7, 11) is 1.56. The van der Waals surface area contributed by atoms with Crippen molar-refractivity contribution in [2.24, 2.45) is 4.40 Å². The molecule has 0 bridgehead atoms. The minimum Gasteiger partial charge on any atom is -0.591 e. The van der Waals surface area contributed by atoms with Gasteiger partial charge in [0.15, 0.2) is 5.82 Å². The zero-order valence-electron chi connectivity index (χ0n) is 12.7. The zero-order valence-corrected chi connectivity index (χ0v) is 14.3. The Kier molecular flexibility index (Phi) is 4.60. The molecule has 0 saturated carbocycles. The molecular weight excluding hydrogens is 309 g/mol. The molecule has 21 heavy (non-hydrogen) atoms. The highest BCUT2D eigenvalue weighted by Crippen LogP contribution is 2.37. The van der Waals surface area contributed by atoms with Crippen LogP contribution in [0.3, 0.4) is 0 Å². The largest absolute Gasteiger partial charge is 0.591 e. The van der Waals surface area contributed by atoms with E-state index in [9.17, 15) is 8.94 Å². The predicted molar refractivity (Wildman–Crippen MR) is 88.4 cm³/mol. The number of ether oxygens (including phenoxy) is 1. The minimum absolute atomic E-state index is 0.332. The first kappa shape index (κ1) is 16.3. The lowest BCUT2D eigenvalue weighted by Crippen LogP contribution is -2.26. The van der Waals surface area contributed by atoms with Crippen molar-refractivity contribution < 1.29 is 13.7 Å². The van der Waals surface area contributed by atoms with E-state index in [4.69, 9.17) is 4.74 Å². The summed E-state index contributed by atoms with van der Waals surface area (Å²) in [6.07, 6.45) is 0. The van der Waals surface area contributed by atoms with Crippen LogP contribution in [0.5, 0.6) is 5.75 Å². The first-order chi connectivity index (χ1) is 9.75. The van der Waals surface area contributed by atoms with Crippen LogP contribution in [0.4, 0.5) is 4.39 Å². The number of fused-ring (bicyclic) bond motifs is 1. The summed E-state index contributed by atoms with van der Waals surface area (Å²) in [6.45, 7) is 7.20. The fourth-order valence-electron chi connectivity index (χ4n) is 1.76. The highest BCUT2D eigenvalue weighted by atomic mass is 32.2. The molecule has 114 valence electrons. The molecule has 3 nitrogen and oxygen atoms in total. The van der Waals surface area contributed by atoms with E-state index in [1.54, 1.807) is 32.2 Å². The molecule has 0 amide bonds. The van der Waals surface area contributed by atoms with Gasteiger partial charge in [-0.05, 0) is 33.8 Å². The lowest BCUT2D eigenvalue weighted by atomic mass is 10.2. The summed E-state index contributed by atoms with van der Waals surface area (Å²) >= 11 is -0.138. The second-order valence-corrected chi connectivity index (χ2v) is 8.55. The van der Waals surface area contributed by atoms with E-state index in [1.807, 2.05) is 20.8 Å². The maximum absolute atomic E-state index is 14.5. The monoisotopic (exact) mass is 327 g/mol. The first-order valence-corrected chi connectivity index (χ1v) is 8.40. The molecule has 0 spiro atoms. The molecular formula is C15H18FNO2S2. The summed E-state index contributed by atoms with van der Waals surface area (Å²) in [5.74, 6) is 0.299. The number of hydrogen-bond acceptors (Lipinski definition) is 4. The number of rotatable bonds is 3. The van der Waals surface area contributed by atoms with Crippen molar-refractivity contribution in [1.29, 1.82) is 0 Å². The molecule has 0 unspecified atom stereocenters. The Hall–Kier alpha value is -1.11. The molecule has 6 heteroatoms. The van der Waals surface area contributed by atoms with Crippen molar-refractivity contribution in [3.05, 3.63) is 28.9 Å². The topological polar surface area (TPSA) is 44.6 Å². The number of halogens is 1. The summed E-state index contributed by atoms with van der Waals surface area (Å²) in [4.78, 5) is 0.409. The fraction of sp³-hybridized carbons (Fsp3) is 0.400. The van der Waals surface area contributed by atoms with Gasteiger partial charge in [0.2, 0.25) is 0 Å². The van der Waals surface area contributed by atoms with Gasteiger partial charge < -0.3 is 9.29 Å². The average molecular weight is 327 g/mol. The van der Waals surface area contributed by atoms with Crippen LogP contribution in [0.1, 0.15) is 32.6 Å². The van der Waals surface area contributed by atoms with Gasteiger partial charge in [0.1, 0.15) is 27.6 Å². The number of hydrogen-bond donors (Lipinski definition) is 0. The van der Waals surface area contributed by atoms with Crippen molar-refractivity contribution in [2.45, 2.75) is 32.4 Å². The van der Waals surface area contributed by atoms with E-state index in [1.165, 1.54) is 11.3 Å². The molecule has 0 aliphatic heterocycles. The first-order valence-electron chi connectivity index (χ1n) is 6.48. The third kappa shape index (κ3) is 3.22. The van der Waals surface area contributed by atoms with E-state index < -0.39 is 16.1 Å². The Labute approximate surface area is 131 Å². The molecule has 0 N–H and O–H groups in total. The molecule has 1 aromatic carbocycles. The van der Waals surface area contributed by atoms with Gasteiger partial charge in [0.05, 0.1) is 16.7 Å². The van der Waals surface area contributed by atoms with E-state index in [0.717, 1.165) is 4.70 Å². The van der Waals surface area contributed by atoms with Crippen LogP contribution in [0, 0.1) is 5.82 Å². The molecule has 1 aromatic heterocycles. The number of nitrogens with zero attached hydrogens (tertiary/aromatic N) is 1. The van der Waals surface area contributed by atoms with Crippen molar-refractivity contribution >= 4 is 38.5 Å². The van der Waals surface area contributed by atoms with Crippen LogP contribution in [-0.2, 0) is 11.4 Å². The van der Waals surface area contributed by atoms with Crippen molar-refractivity contribution in [2.75, 3.05) is 7.11 Å². The third-order valence-corrected chi connectivity index (χ3v) is 5.70. The van der Waals surface area contributed by atoms with Gasteiger partial charge in [-0.25, -0.2) is 4.39 Å². The molecule has 2 rings (SSSR count). The quantitative estimate of drug-likeness (QED) is 0.622. The van der Waals surface area contributed by atoms with Crippen LogP contribution in [0.25, 0.3) is 10.1 Å². The van der Waals surface area contributed by atoms with Gasteiger partial charge in [0.25, 0.3) is 0 Å². The van der Waals surface area contributed by atoms with Gasteiger partial charge in [-0.15, -0.1) is 11.3 Å². The average Bonchev–Trinajstić information content (AvgIpc) is 2.75. The standard InChI is InChI=1S/C15H18FNO2S2/c1-9(17-21(18)15(2,3)4)13-12(16)10-7-6-8-11(19-5)14(10)20-13/h6-8H,1-5H3/b17-9+/t21-/m1/s1. The SMILES string of the molecule is COc1cccc2c(F)c(/C(C)=N/[S@+]([O-])C(C)(C)C)sc12. The number of thiophene rings is 1. The summed E-state index contributed by atoms with van der Waals surface area (Å²) in [5.41, 5.74) is 0.448. The fourth-order valence-corrected chi connectivity index (χ4v) is 3.55. The maximum atomic E-state index is 14.5. The number of benzene rings is 1. The molecule has 2 aromatic rings. The molecule has 0 saturated heterocycles. The summed E-state index contributed by atoms with van der Waals surface area (Å²) in [5, 5.41) is 0.505. The van der Waals surface area contributed by atoms with Gasteiger partial charge >= 0.3 is 0 Å². The number of methoxy groups -OCH3 is 1. The van der Waals surface area contributed by atoms with Gasteiger partial charge in [-0.1, -0.05) is 16.5 Å². The van der Waals surface area contributed by atoms with E-state index in [2.05, 4.69) is 4.40 Å².